The number of aromatic nitrogens is 2. The number of H-pyrrole nitrogens is 1. The molecule has 0 atom stereocenters. The van der Waals surface area contributed by atoms with Crippen LogP contribution in [0.2, 0.25) is 0 Å². The van der Waals surface area contributed by atoms with E-state index in [4.69, 9.17) is 0 Å². The van der Waals surface area contributed by atoms with Gasteiger partial charge in [-0.15, -0.1) is 0 Å². The van der Waals surface area contributed by atoms with E-state index in [0.29, 0.717) is 11.3 Å². The van der Waals surface area contributed by atoms with Crippen LogP contribution in [0.5, 0.6) is 0 Å². The minimum Gasteiger partial charge on any atom is -0.326 e. The summed E-state index contributed by atoms with van der Waals surface area (Å²) in [5, 5.41) is 0. The first-order valence-electron chi connectivity index (χ1n) is 4.39. The SMILES string of the molecule is Cc1ccc(-c2ccccn2)c(=O)[nH]1. The van der Waals surface area contributed by atoms with Crippen molar-refractivity contribution in [2.45, 2.75) is 6.92 Å². The second-order valence-electron chi connectivity index (χ2n) is 3.10. The van der Waals surface area contributed by atoms with Gasteiger partial charge in [-0.1, -0.05) is 6.07 Å². The van der Waals surface area contributed by atoms with Crippen molar-refractivity contribution in [1.82, 2.24) is 9.97 Å². The van der Waals surface area contributed by atoms with E-state index in [0.717, 1.165) is 5.69 Å². The maximum Gasteiger partial charge on any atom is 0.257 e. The highest BCUT2D eigenvalue weighted by Gasteiger charge is 2.02. The predicted octanol–water partition coefficient (Wildman–Crippen LogP) is 1.75. The maximum absolute atomic E-state index is 11.5. The lowest BCUT2D eigenvalue weighted by atomic mass is 10.2. The van der Waals surface area contributed by atoms with Gasteiger partial charge in [0, 0.05) is 11.9 Å². The molecular weight excluding hydrogens is 176 g/mol. The molecule has 2 aromatic rings. The number of pyridine rings is 2. The van der Waals surface area contributed by atoms with Crippen LogP contribution in [-0.4, -0.2) is 9.97 Å². The van der Waals surface area contributed by atoms with Gasteiger partial charge in [0.15, 0.2) is 0 Å². The molecule has 0 aliphatic heterocycles. The summed E-state index contributed by atoms with van der Waals surface area (Å²) in [5.74, 6) is 0. The van der Waals surface area contributed by atoms with E-state index >= 15 is 0 Å². The van der Waals surface area contributed by atoms with Crippen LogP contribution in [0.1, 0.15) is 5.69 Å². The predicted molar refractivity (Wildman–Crippen MR) is 55.0 cm³/mol. The summed E-state index contributed by atoms with van der Waals surface area (Å²) >= 11 is 0. The molecule has 0 amide bonds. The summed E-state index contributed by atoms with van der Waals surface area (Å²) in [5.41, 5.74) is 2.07. The summed E-state index contributed by atoms with van der Waals surface area (Å²) in [6, 6.07) is 9.16. The molecule has 3 nitrogen and oxygen atoms in total. The van der Waals surface area contributed by atoms with Gasteiger partial charge in [-0.25, -0.2) is 0 Å². The highest BCUT2D eigenvalue weighted by molar-refractivity contribution is 5.57. The van der Waals surface area contributed by atoms with Crippen LogP contribution in [0, 0.1) is 6.92 Å². The fourth-order valence-corrected chi connectivity index (χ4v) is 1.30. The lowest BCUT2D eigenvalue weighted by Crippen LogP contribution is -2.09. The number of hydrogen-bond donors (Lipinski definition) is 1. The molecular formula is C11H10N2O. The fraction of sp³-hybridized carbons (Fsp3) is 0.0909. The fourth-order valence-electron chi connectivity index (χ4n) is 1.30. The van der Waals surface area contributed by atoms with Crippen LogP contribution in [0.4, 0.5) is 0 Å². The van der Waals surface area contributed by atoms with E-state index in [1.54, 1.807) is 12.3 Å². The summed E-state index contributed by atoms with van der Waals surface area (Å²) < 4.78 is 0. The van der Waals surface area contributed by atoms with E-state index in [1.165, 1.54) is 0 Å². The van der Waals surface area contributed by atoms with Crippen molar-refractivity contribution in [3.8, 4) is 11.3 Å². The first-order valence-corrected chi connectivity index (χ1v) is 4.39. The van der Waals surface area contributed by atoms with Crippen LogP contribution in [0.15, 0.2) is 41.3 Å². The number of rotatable bonds is 1. The Morgan fingerprint density at radius 3 is 2.71 bits per heavy atom. The van der Waals surface area contributed by atoms with Crippen molar-refractivity contribution in [2.24, 2.45) is 0 Å². The molecule has 2 aromatic heterocycles. The summed E-state index contributed by atoms with van der Waals surface area (Å²) in [4.78, 5) is 18.4. The Morgan fingerprint density at radius 2 is 2.07 bits per heavy atom. The van der Waals surface area contributed by atoms with E-state index in [1.807, 2.05) is 31.2 Å². The lowest BCUT2D eigenvalue weighted by molar-refractivity contribution is 1.14. The van der Waals surface area contributed by atoms with Gasteiger partial charge in [0.25, 0.3) is 5.56 Å². The summed E-state index contributed by atoms with van der Waals surface area (Å²) in [7, 11) is 0. The van der Waals surface area contributed by atoms with E-state index < -0.39 is 0 Å². The van der Waals surface area contributed by atoms with Gasteiger partial charge >= 0.3 is 0 Å². The van der Waals surface area contributed by atoms with Crippen LogP contribution >= 0.6 is 0 Å². The second kappa shape index (κ2) is 3.46. The topological polar surface area (TPSA) is 45.8 Å². The van der Waals surface area contributed by atoms with Gasteiger partial charge in [-0.3, -0.25) is 9.78 Å². The van der Waals surface area contributed by atoms with Crippen molar-refractivity contribution in [3.05, 3.63) is 52.6 Å². The first-order chi connectivity index (χ1) is 6.77. The number of aryl methyl sites for hydroxylation is 1. The molecule has 2 rings (SSSR count). The Balaban J connectivity index is 2.59. The monoisotopic (exact) mass is 186 g/mol. The molecule has 14 heavy (non-hydrogen) atoms. The van der Waals surface area contributed by atoms with Crippen molar-refractivity contribution in [1.29, 1.82) is 0 Å². The van der Waals surface area contributed by atoms with Gasteiger partial charge in [0.05, 0.1) is 11.3 Å². The minimum absolute atomic E-state index is 0.0938. The molecule has 70 valence electrons. The normalized spacial score (nSPS) is 10.1. The Bertz CT molecular complexity index is 488. The van der Waals surface area contributed by atoms with Crippen LogP contribution in [0.3, 0.4) is 0 Å². The molecule has 0 aromatic carbocycles. The summed E-state index contributed by atoms with van der Waals surface area (Å²) in [6.45, 7) is 1.85. The molecule has 1 N–H and O–H groups in total. The third kappa shape index (κ3) is 1.57. The molecule has 3 heteroatoms. The van der Waals surface area contributed by atoms with Gasteiger partial charge in [0.1, 0.15) is 0 Å². The van der Waals surface area contributed by atoms with Crippen molar-refractivity contribution in [2.75, 3.05) is 0 Å². The average molecular weight is 186 g/mol. The molecule has 0 aliphatic carbocycles. The van der Waals surface area contributed by atoms with Crippen LogP contribution < -0.4 is 5.56 Å². The lowest BCUT2D eigenvalue weighted by Gasteiger charge is -1.99. The van der Waals surface area contributed by atoms with Gasteiger partial charge in [0.2, 0.25) is 0 Å². The third-order valence-electron chi connectivity index (χ3n) is 2.00. The van der Waals surface area contributed by atoms with Crippen LogP contribution in [-0.2, 0) is 0 Å². The highest BCUT2D eigenvalue weighted by Crippen LogP contribution is 2.10. The molecule has 0 radical (unpaired) electrons. The zero-order valence-corrected chi connectivity index (χ0v) is 7.82. The van der Waals surface area contributed by atoms with Crippen LogP contribution in [0.25, 0.3) is 11.3 Å². The third-order valence-corrected chi connectivity index (χ3v) is 2.00. The van der Waals surface area contributed by atoms with Gasteiger partial charge < -0.3 is 4.98 Å². The minimum atomic E-state index is -0.0938. The van der Waals surface area contributed by atoms with Crippen molar-refractivity contribution in [3.63, 3.8) is 0 Å². The van der Waals surface area contributed by atoms with Crippen molar-refractivity contribution < 1.29 is 0 Å². The number of hydrogen-bond acceptors (Lipinski definition) is 2. The molecule has 0 bridgehead atoms. The molecule has 0 aliphatic rings. The summed E-state index contributed by atoms with van der Waals surface area (Å²) in [6.07, 6.45) is 1.68. The van der Waals surface area contributed by atoms with Crippen molar-refractivity contribution >= 4 is 0 Å². The Kier molecular flexibility index (Phi) is 2.14. The second-order valence-corrected chi connectivity index (χ2v) is 3.10. The Morgan fingerprint density at radius 1 is 1.21 bits per heavy atom. The number of nitrogens with one attached hydrogen (secondary N) is 1. The smallest absolute Gasteiger partial charge is 0.257 e. The van der Waals surface area contributed by atoms with E-state index in [2.05, 4.69) is 9.97 Å². The average Bonchev–Trinajstić information content (AvgIpc) is 2.19. The number of nitrogens with zero attached hydrogens (tertiary/aromatic N) is 1. The Labute approximate surface area is 81.5 Å². The maximum atomic E-state index is 11.5. The van der Waals surface area contributed by atoms with Gasteiger partial charge in [-0.05, 0) is 31.2 Å². The zero-order chi connectivity index (χ0) is 9.97. The largest absolute Gasteiger partial charge is 0.326 e. The molecule has 0 saturated heterocycles. The number of aromatic amines is 1. The first kappa shape index (κ1) is 8.69. The standard InChI is InChI=1S/C11H10N2O/c1-8-5-6-9(11(14)13-8)10-4-2-3-7-12-10/h2-7H,1H3,(H,13,14). The van der Waals surface area contributed by atoms with E-state index in [-0.39, 0.29) is 5.56 Å². The quantitative estimate of drug-likeness (QED) is 0.737. The molecule has 0 unspecified atom stereocenters. The Hall–Kier alpha value is -1.90. The molecule has 2 heterocycles. The van der Waals surface area contributed by atoms with Gasteiger partial charge in [-0.2, -0.15) is 0 Å². The van der Waals surface area contributed by atoms with E-state index in [9.17, 15) is 4.79 Å². The molecule has 0 spiro atoms. The highest BCUT2D eigenvalue weighted by atomic mass is 16.1. The molecule has 0 saturated carbocycles. The molecule has 0 fully saturated rings. The zero-order valence-electron chi connectivity index (χ0n) is 7.82.